The Morgan fingerprint density at radius 2 is 1.95 bits per heavy atom. The number of carbonyl (C=O) groups excluding carboxylic acids is 1. The van der Waals surface area contributed by atoms with Crippen molar-refractivity contribution < 1.29 is 14.7 Å². The Kier molecular flexibility index (Phi) is 3.80. The lowest BCUT2D eigenvalue weighted by Crippen LogP contribution is -2.45. The number of aromatic nitrogens is 1. The average Bonchev–Trinajstić information content (AvgIpc) is 2.36. The summed E-state index contributed by atoms with van der Waals surface area (Å²) in [6.45, 7) is 3.22. The fraction of sp³-hybridized carbons (Fsp3) is 0.267. The highest BCUT2D eigenvalue weighted by atomic mass is 16.4. The van der Waals surface area contributed by atoms with Crippen LogP contribution < -0.4 is 10.9 Å². The van der Waals surface area contributed by atoms with Gasteiger partial charge in [0.15, 0.2) is 0 Å². The number of aliphatic carboxylic acids is 1. The number of hydrogen-bond acceptors (Lipinski definition) is 3. The minimum atomic E-state index is -1.01. The molecule has 0 fully saturated rings. The van der Waals surface area contributed by atoms with E-state index in [-0.39, 0.29) is 17.7 Å². The van der Waals surface area contributed by atoms with Gasteiger partial charge in [-0.1, -0.05) is 18.2 Å². The number of carbonyl (C=O) groups is 2. The van der Waals surface area contributed by atoms with E-state index in [0.29, 0.717) is 10.8 Å². The van der Waals surface area contributed by atoms with Gasteiger partial charge < -0.3 is 15.4 Å². The molecule has 2 rings (SSSR count). The molecule has 1 aromatic heterocycles. The molecule has 0 unspecified atom stereocenters. The van der Waals surface area contributed by atoms with Crippen molar-refractivity contribution in [2.24, 2.45) is 0 Å². The summed E-state index contributed by atoms with van der Waals surface area (Å²) in [6, 6.07) is 8.50. The highest BCUT2D eigenvalue weighted by Crippen LogP contribution is 2.12. The molecule has 110 valence electrons. The maximum absolute atomic E-state index is 12.2. The van der Waals surface area contributed by atoms with Crippen molar-refractivity contribution in [3.05, 3.63) is 46.4 Å². The van der Waals surface area contributed by atoms with Gasteiger partial charge in [0, 0.05) is 10.9 Å². The third-order valence-electron chi connectivity index (χ3n) is 3.04. The molecule has 3 N–H and O–H groups in total. The highest BCUT2D eigenvalue weighted by Gasteiger charge is 2.24. The molecule has 6 nitrogen and oxygen atoms in total. The van der Waals surface area contributed by atoms with Crippen LogP contribution in [0, 0.1) is 0 Å². The van der Waals surface area contributed by atoms with Gasteiger partial charge in [0.1, 0.15) is 5.69 Å². The largest absolute Gasteiger partial charge is 0.481 e. The van der Waals surface area contributed by atoms with Gasteiger partial charge in [-0.25, -0.2) is 0 Å². The number of fused-ring (bicyclic) bond motifs is 1. The number of amides is 1. The van der Waals surface area contributed by atoms with Crippen molar-refractivity contribution in [3.8, 4) is 0 Å². The van der Waals surface area contributed by atoms with Crippen molar-refractivity contribution in [1.29, 1.82) is 0 Å². The topological polar surface area (TPSA) is 99.3 Å². The molecular weight excluding hydrogens is 272 g/mol. The molecule has 0 bridgehead atoms. The van der Waals surface area contributed by atoms with Crippen LogP contribution in [0.4, 0.5) is 0 Å². The lowest BCUT2D eigenvalue weighted by molar-refractivity contribution is -0.138. The molecule has 0 spiro atoms. The Hall–Kier alpha value is -2.63. The number of nitrogens with one attached hydrogen (secondary N) is 2. The summed E-state index contributed by atoms with van der Waals surface area (Å²) in [5, 5.41) is 12.6. The van der Waals surface area contributed by atoms with Crippen molar-refractivity contribution in [1.82, 2.24) is 10.3 Å². The Morgan fingerprint density at radius 3 is 2.62 bits per heavy atom. The van der Waals surface area contributed by atoms with E-state index in [9.17, 15) is 14.4 Å². The van der Waals surface area contributed by atoms with Gasteiger partial charge in [-0.15, -0.1) is 0 Å². The SMILES string of the molecule is CC(C)(CC(=O)O)NC(=O)c1cc2ccccc2c(=O)[nH]1. The average molecular weight is 288 g/mol. The van der Waals surface area contributed by atoms with E-state index in [1.807, 2.05) is 0 Å². The van der Waals surface area contributed by atoms with E-state index < -0.39 is 17.4 Å². The maximum Gasteiger partial charge on any atom is 0.305 e. The number of rotatable bonds is 4. The van der Waals surface area contributed by atoms with Crippen molar-refractivity contribution in [3.63, 3.8) is 0 Å². The summed E-state index contributed by atoms with van der Waals surface area (Å²) >= 11 is 0. The first-order valence-electron chi connectivity index (χ1n) is 6.45. The van der Waals surface area contributed by atoms with E-state index >= 15 is 0 Å². The molecule has 1 heterocycles. The number of hydrogen-bond donors (Lipinski definition) is 3. The number of pyridine rings is 1. The van der Waals surface area contributed by atoms with Crippen LogP contribution in [-0.2, 0) is 4.79 Å². The summed E-state index contributed by atoms with van der Waals surface area (Å²) in [7, 11) is 0. The van der Waals surface area contributed by atoms with E-state index in [4.69, 9.17) is 5.11 Å². The number of aromatic amines is 1. The lowest BCUT2D eigenvalue weighted by Gasteiger charge is -2.24. The van der Waals surface area contributed by atoms with E-state index in [1.54, 1.807) is 44.2 Å². The fourth-order valence-electron chi connectivity index (χ4n) is 2.13. The summed E-state index contributed by atoms with van der Waals surface area (Å²) in [4.78, 5) is 37.3. The summed E-state index contributed by atoms with van der Waals surface area (Å²) < 4.78 is 0. The van der Waals surface area contributed by atoms with Gasteiger partial charge in [-0.3, -0.25) is 14.4 Å². The van der Waals surface area contributed by atoms with Crippen LogP contribution in [0.2, 0.25) is 0 Å². The smallest absolute Gasteiger partial charge is 0.305 e. The van der Waals surface area contributed by atoms with Crippen LogP contribution in [0.15, 0.2) is 35.1 Å². The van der Waals surface area contributed by atoms with Crippen LogP contribution in [0.1, 0.15) is 30.8 Å². The zero-order valence-corrected chi connectivity index (χ0v) is 11.8. The predicted molar refractivity (Wildman–Crippen MR) is 78.4 cm³/mol. The first-order chi connectivity index (χ1) is 9.78. The highest BCUT2D eigenvalue weighted by molar-refractivity contribution is 5.96. The second-order valence-corrected chi connectivity index (χ2v) is 5.51. The van der Waals surface area contributed by atoms with Crippen LogP contribution in [0.25, 0.3) is 10.8 Å². The quantitative estimate of drug-likeness (QED) is 0.794. The van der Waals surface area contributed by atoms with Gasteiger partial charge in [0.2, 0.25) is 0 Å². The molecule has 0 radical (unpaired) electrons. The summed E-state index contributed by atoms with van der Waals surface area (Å²) in [6.07, 6.45) is -0.212. The first kappa shape index (κ1) is 14.8. The van der Waals surface area contributed by atoms with E-state index in [0.717, 1.165) is 0 Å². The lowest BCUT2D eigenvalue weighted by atomic mass is 10.0. The molecule has 0 saturated carbocycles. The molecule has 2 aromatic rings. The second-order valence-electron chi connectivity index (χ2n) is 5.51. The van der Waals surface area contributed by atoms with Crippen LogP contribution in [0.3, 0.4) is 0 Å². The minimum Gasteiger partial charge on any atom is -0.481 e. The van der Waals surface area contributed by atoms with Gasteiger partial charge in [0.25, 0.3) is 11.5 Å². The fourth-order valence-corrected chi connectivity index (χ4v) is 2.13. The molecule has 0 aliphatic carbocycles. The molecule has 0 aliphatic heterocycles. The predicted octanol–water partition coefficient (Wildman–Crippen LogP) is 1.51. The Labute approximate surface area is 120 Å². The molecule has 1 amide bonds. The van der Waals surface area contributed by atoms with Crippen LogP contribution in [0.5, 0.6) is 0 Å². The van der Waals surface area contributed by atoms with Gasteiger partial charge >= 0.3 is 5.97 Å². The van der Waals surface area contributed by atoms with Gasteiger partial charge in [0.05, 0.1) is 6.42 Å². The Bertz CT molecular complexity index is 762. The number of H-pyrrole nitrogens is 1. The number of carboxylic acid groups (broad SMARTS) is 1. The Balaban J connectivity index is 2.32. The molecule has 0 atom stereocenters. The molecule has 1 aromatic carbocycles. The molecule has 0 saturated heterocycles. The first-order valence-corrected chi connectivity index (χ1v) is 6.45. The third kappa shape index (κ3) is 3.47. The molecular formula is C15H16N2O4. The monoisotopic (exact) mass is 288 g/mol. The standard InChI is InChI=1S/C15H16N2O4/c1-15(2,8-12(18)19)17-14(21)11-7-9-5-3-4-6-10(9)13(20)16-11/h3-7H,8H2,1-2H3,(H,16,20)(H,17,21)(H,18,19). The van der Waals surface area contributed by atoms with E-state index in [2.05, 4.69) is 10.3 Å². The maximum atomic E-state index is 12.2. The van der Waals surface area contributed by atoms with Crippen molar-refractivity contribution in [2.45, 2.75) is 25.8 Å². The van der Waals surface area contributed by atoms with Crippen LogP contribution in [-0.4, -0.2) is 27.5 Å². The van der Waals surface area contributed by atoms with Crippen molar-refractivity contribution >= 4 is 22.6 Å². The number of carboxylic acids is 1. The molecule has 6 heteroatoms. The third-order valence-corrected chi connectivity index (χ3v) is 3.04. The van der Waals surface area contributed by atoms with Crippen molar-refractivity contribution in [2.75, 3.05) is 0 Å². The van der Waals surface area contributed by atoms with Crippen LogP contribution >= 0.6 is 0 Å². The molecule has 0 aliphatic rings. The zero-order valence-electron chi connectivity index (χ0n) is 11.8. The second kappa shape index (κ2) is 5.40. The molecule has 21 heavy (non-hydrogen) atoms. The summed E-state index contributed by atoms with van der Waals surface area (Å²) in [5.74, 6) is -1.52. The zero-order chi connectivity index (χ0) is 15.6. The van der Waals surface area contributed by atoms with E-state index in [1.165, 1.54) is 0 Å². The Morgan fingerprint density at radius 1 is 1.29 bits per heavy atom. The van der Waals surface area contributed by atoms with Gasteiger partial charge in [-0.2, -0.15) is 0 Å². The summed E-state index contributed by atoms with van der Waals surface area (Å²) in [5.41, 5.74) is -1.16. The minimum absolute atomic E-state index is 0.108. The van der Waals surface area contributed by atoms with Gasteiger partial charge in [-0.05, 0) is 31.4 Å². The number of benzene rings is 1. The normalized spacial score (nSPS) is 11.3.